The van der Waals surface area contributed by atoms with E-state index < -0.39 is 0 Å². The summed E-state index contributed by atoms with van der Waals surface area (Å²) in [7, 11) is 0. The Morgan fingerprint density at radius 2 is 2.11 bits per heavy atom. The van der Waals surface area contributed by atoms with Gasteiger partial charge < -0.3 is 4.90 Å². The Balaban J connectivity index is 1.87. The van der Waals surface area contributed by atoms with Crippen molar-refractivity contribution in [2.45, 2.75) is 19.9 Å². The first kappa shape index (κ1) is 13.1. The zero-order chi connectivity index (χ0) is 13.0. The minimum atomic E-state index is 0.129. The first-order valence-electron chi connectivity index (χ1n) is 6.10. The summed E-state index contributed by atoms with van der Waals surface area (Å²) in [5, 5.41) is 0.129. The largest absolute Gasteiger partial charge is 0.338 e. The van der Waals surface area contributed by atoms with Gasteiger partial charge in [-0.3, -0.25) is 9.59 Å². The van der Waals surface area contributed by atoms with Gasteiger partial charge in [0.2, 0.25) is 5.91 Å². The third-order valence-corrected chi connectivity index (χ3v) is 4.08. The molecule has 4 heteroatoms. The maximum Gasteiger partial charge on any atom is 0.223 e. The number of carbonyl (C=O) groups excluding carboxylic acids is 2. The molecule has 1 aromatic rings. The second kappa shape index (κ2) is 6.05. The number of rotatable bonds is 4. The third-order valence-electron chi connectivity index (χ3n) is 3.03. The maximum atomic E-state index is 11.9. The van der Waals surface area contributed by atoms with Crippen LogP contribution in [0.2, 0.25) is 0 Å². The van der Waals surface area contributed by atoms with Gasteiger partial charge in [0.1, 0.15) is 0 Å². The van der Waals surface area contributed by atoms with E-state index in [0.717, 1.165) is 17.9 Å². The molecule has 1 saturated heterocycles. The molecule has 18 heavy (non-hydrogen) atoms. The van der Waals surface area contributed by atoms with E-state index in [4.69, 9.17) is 0 Å². The van der Waals surface area contributed by atoms with Crippen LogP contribution >= 0.6 is 11.8 Å². The molecule has 1 unspecified atom stereocenters. The van der Waals surface area contributed by atoms with Crippen LogP contribution in [0, 0.1) is 5.92 Å². The number of hydrogen-bond acceptors (Lipinski definition) is 3. The molecule has 0 N–H and O–H groups in total. The fourth-order valence-electron chi connectivity index (χ4n) is 2.16. The summed E-state index contributed by atoms with van der Waals surface area (Å²) in [6.45, 7) is 3.03. The molecule has 1 atom stereocenters. The molecular formula is C14H17NO2S. The van der Waals surface area contributed by atoms with Gasteiger partial charge in [-0.25, -0.2) is 0 Å². The number of nitrogens with zero attached hydrogens (tertiary/aromatic N) is 1. The van der Waals surface area contributed by atoms with Crippen molar-refractivity contribution in [3.8, 4) is 0 Å². The van der Waals surface area contributed by atoms with Gasteiger partial charge in [0.15, 0.2) is 5.12 Å². The normalized spacial score (nSPS) is 19.3. The molecule has 96 valence electrons. The lowest BCUT2D eigenvalue weighted by Crippen LogP contribution is -2.24. The second-order valence-electron chi connectivity index (χ2n) is 4.63. The van der Waals surface area contributed by atoms with Crippen molar-refractivity contribution in [1.82, 2.24) is 4.90 Å². The Morgan fingerprint density at radius 1 is 1.39 bits per heavy atom. The number of carbonyl (C=O) groups is 2. The van der Waals surface area contributed by atoms with Gasteiger partial charge >= 0.3 is 0 Å². The molecule has 1 heterocycles. The Morgan fingerprint density at radius 3 is 2.78 bits per heavy atom. The summed E-state index contributed by atoms with van der Waals surface area (Å²) in [6, 6.07) is 10.0. The number of hydrogen-bond donors (Lipinski definition) is 0. The molecule has 0 aromatic heterocycles. The monoisotopic (exact) mass is 263 g/mol. The average molecular weight is 263 g/mol. The van der Waals surface area contributed by atoms with Gasteiger partial charge in [-0.05, 0) is 11.5 Å². The van der Waals surface area contributed by atoms with Crippen molar-refractivity contribution in [2.75, 3.05) is 12.3 Å². The van der Waals surface area contributed by atoms with Crippen LogP contribution in [0.4, 0.5) is 0 Å². The van der Waals surface area contributed by atoms with Crippen LogP contribution < -0.4 is 0 Å². The van der Waals surface area contributed by atoms with Crippen molar-refractivity contribution in [3.63, 3.8) is 0 Å². The van der Waals surface area contributed by atoms with Gasteiger partial charge in [-0.2, -0.15) is 0 Å². The van der Waals surface area contributed by atoms with Crippen LogP contribution in [0.1, 0.15) is 18.9 Å². The Bertz CT molecular complexity index is 433. The highest BCUT2D eigenvalue weighted by Gasteiger charge is 2.29. The SMILES string of the molecule is CC(=O)SCC1CC(=O)N(Cc2ccccc2)C1. The molecule has 3 nitrogen and oxygen atoms in total. The third kappa shape index (κ3) is 3.60. The zero-order valence-corrected chi connectivity index (χ0v) is 11.3. The van der Waals surface area contributed by atoms with Crippen molar-refractivity contribution < 1.29 is 9.59 Å². The Labute approximate surface area is 112 Å². The van der Waals surface area contributed by atoms with Crippen LogP contribution in [-0.4, -0.2) is 28.2 Å². The predicted molar refractivity (Wildman–Crippen MR) is 73.1 cm³/mol. The molecule has 1 amide bonds. The van der Waals surface area contributed by atoms with Crippen LogP contribution in [-0.2, 0) is 16.1 Å². The van der Waals surface area contributed by atoms with E-state index in [1.165, 1.54) is 11.8 Å². The van der Waals surface area contributed by atoms with Gasteiger partial charge in [0.05, 0.1) is 0 Å². The summed E-state index contributed by atoms with van der Waals surface area (Å²) in [4.78, 5) is 24.7. The molecule has 0 aliphatic carbocycles. The number of amides is 1. The smallest absolute Gasteiger partial charge is 0.223 e. The molecule has 1 aliphatic rings. The molecule has 0 bridgehead atoms. The predicted octanol–water partition coefficient (Wildman–Crippen LogP) is 2.31. The Hall–Kier alpha value is -1.29. The van der Waals surface area contributed by atoms with E-state index in [1.54, 1.807) is 6.92 Å². The molecule has 1 fully saturated rings. The van der Waals surface area contributed by atoms with E-state index >= 15 is 0 Å². The highest BCUT2D eigenvalue weighted by molar-refractivity contribution is 8.13. The van der Waals surface area contributed by atoms with Crippen molar-refractivity contribution in [2.24, 2.45) is 5.92 Å². The fraction of sp³-hybridized carbons (Fsp3) is 0.429. The van der Waals surface area contributed by atoms with Crippen LogP contribution in [0.15, 0.2) is 30.3 Å². The number of likely N-dealkylation sites (tertiary alicyclic amines) is 1. The molecule has 1 aliphatic heterocycles. The fourth-order valence-corrected chi connectivity index (χ4v) is 2.85. The summed E-state index contributed by atoms with van der Waals surface area (Å²) < 4.78 is 0. The van der Waals surface area contributed by atoms with Gasteiger partial charge in [-0.1, -0.05) is 42.1 Å². The van der Waals surface area contributed by atoms with E-state index in [2.05, 4.69) is 0 Å². The van der Waals surface area contributed by atoms with Crippen LogP contribution in [0.25, 0.3) is 0 Å². The average Bonchev–Trinajstić information content (AvgIpc) is 2.69. The first-order valence-corrected chi connectivity index (χ1v) is 7.09. The standard InChI is InChI=1S/C14H17NO2S/c1-11(16)18-10-13-7-14(17)15(9-13)8-12-5-3-2-4-6-12/h2-6,13H,7-10H2,1H3. The minimum absolute atomic E-state index is 0.129. The quantitative estimate of drug-likeness (QED) is 0.836. The molecule has 0 saturated carbocycles. The number of benzene rings is 1. The summed E-state index contributed by atoms with van der Waals surface area (Å²) in [5.41, 5.74) is 1.16. The van der Waals surface area contributed by atoms with E-state index in [1.807, 2.05) is 35.2 Å². The van der Waals surface area contributed by atoms with E-state index in [-0.39, 0.29) is 11.0 Å². The molecule has 0 spiro atoms. The van der Waals surface area contributed by atoms with Crippen LogP contribution in [0.5, 0.6) is 0 Å². The highest BCUT2D eigenvalue weighted by atomic mass is 32.2. The minimum Gasteiger partial charge on any atom is -0.338 e. The van der Waals surface area contributed by atoms with Crippen LogP contribution in [0.3, 0.4) is 0 Å². The lowest BCUT2D eigenvalue weighted by Gasteiger charge is -2.16. The molecular weight excluding hydrogens is 246 g/mol. The van der Waals surface area contributed by atoms with Gasteiger partial charge in [0, 0.05) is 32.2 Å². The maximum absolute atomic E-state index is 11.9. The summed E-state index contributed by atoms with van der Waals surface area (Å²) in [6.07, 6.45) is 0.577. The topological polar surface area (TPSA) is 37.4 Å². The molecule has 1 aromatic carbocycles. The lowest BCUT2D eigenvalue weighted by atomic mass is 10.1. The molecule has 0 radical (unpaired) electrons. The van der Waals surface area contributed by atoms with Crippen molar-refractivity contribution in [1.29, 1.82) is 0 Å². The summed E-state index contributed by atoms with van der Waals surface area (Å²) >= 11 is 1.32. The van der Waals surface area contributed by atoms with Crippen molar-refractivity contribution in [3.05, 3.63) is 35.9 Å². The highest BCUT2D eigenvalue weighted by Crippen LogP contribution is 2.23. The first-order chi connectivity index (χ1) is 8.65. The Kier molecular flexibility index (Phi) is 4.42. The zero-order valence-electron chi connectivity index (χ0n) is 10.5. The molecule has 2 rings (SSSR count). The number of thioether (sulfide) groups is 1. The van der Waals surface area contributed by atoms with E-state index in [0.29, 0.717) is 18.9 Å². The van der Waals surface area contributed by atoms with Gasteiger partial charge in [-0.15, -0.1) is 0 Å². The van der Waals surface area contributed by atoms with E-state index in [9.17, 15) is 9.59 Å². The van der Waals surface area contributed by atoms with Gasteiger partial charge in [0.25, 0.3) is 0 Å². The summed E-state index contributed by atoms with van der Waals surface area (Å²) in [5.74, 6) is 1.27. The van der Waals surface area contributed by atoms with Crippen molar-refractivity contribution >= 4 is 22.8 Å². The second-order valence-corrected chi connectivity index (χ2v) is 5.83. The lowest BCUT2D eigenvalue weighted by molar-refractivity contribution is -0.128.